The molecule has 1 saturated heterocycles. The van der Waals surface area contributed by atoms with Crippen molar-refractivity contribution in [2.75, 3.05) is 13.1 Å². The van der Waals surface area contributed by atoms with Crippen LogP contribution in [0.4, 0.5) is 13.2 Å². The van der Waals surface area contributed by atoms with Crippen molar-refractivity contribution < 1.29 is 23.0 Å². The molecule has 1 aromatic carbocycles. The molecule has 3 nitrogen and oxygen atoms in total. The highest BCUT2D eigenvalue weighted by atomic mass is 19.4. The highest BCUT2D eigenvalue weighted by molar-refractivity contribution is 5.35. The van der Waals surface area contributed by atoms with E-state index in [2.05, 4.69) is 10.1 Å². The number of halogens is 3. The first kappa shape index (κ1) is 13.2. The first-order valence-corrected chi connectivity index (χ1v) is 5.65. The molecule has 1 aromatic rings. The van der Waals surface area contributed by atoms with Crippen molar-refractivity contribution in [3.63, 3.8) is 0 Å². The molecule has 0 aliphatic carbocycles. The zero-order valence-electron chi connectivity index (χ0n) is 9.63. The fourth-order valence-electron chi connectivity index (χ4n) is 2.11. The Morgan fingerprint density at radius 2 is 2.06 bits per heavy atom. The van der Waals surface area contributed by atoms with Crippen LogP contribution in [0.5, 0.6) is 5.75 Å². The maximum atomic E-state index is 12.2. The number of alkyl halides is 3. The topological polar surface area (TPSA) is 41.5 Å². The van der Waals surface area contributed by atoms with Crippen molar-refractivity contribution >= 4 is 0 Å². The van der Waals surface area contributed by atoms with Gasteiger partial charge in [0.1, 0.15) is 5.75 Å². The summed E-state index contributed by atoms with van der Waals surface area (Å²) >= 11 is 0. The first-order valence-electron chi connectivity index (χ1n) is 5.65. The van der Waals surface area contributed by atoms with Gasteiger partial charge in [-0.15, -0.1) is 13.2 Å². The van der Waals surface area contributed by atoms with Gasteiger partial charge >= 0.3 is 6.36 Å². The minimum Gasteiger partial charge on any atom is -0.406 e. The number of hydrogen-bond acceptors (Lipinski definition) is 3. The van der Waals surface area contributed by atoms with Crippen LogP contribution in [0.3, 0.4) is 0 Å². The summed E-state index contributed by atoms with van der Waals surface area (Å²) in [5, 5.41) is 13.2. The van der Waals surface area contributed by atoms with Crippen LogP contribution in [-0.4, -0.2) is 30.2 Å². The molecule has 1 unspecified atom stereocenters. The van der Waals surface area contributed by atoms with E-state index in [1.54, 1.807) is 6.07 Å². The van der Waals surface area contributed by atoms with Crippen LogP contribution < -0.4 is 10.1 Å². The molecule has 0 radical (unpaired) electrons. The van der Waals surface area contributed by atoms with Gasteiger partial charge in [0.2, 0.25) is 0 Å². The van der Waals surface area contributed by atoms with Crippen molar-refractivity contribution in [3.8, 4) is 5.75 Å². The summed E-state index contributed by atoms with van der Waals surface area (Å²) in [5.74, 6) is -0.245. The number of rotatable bonds is 3. The summed E-state index contributed by atoms with van der Waals surface area (Å²) in [6.45, 7) is 1.05. The molecular formula is C12H14F3NO2. The lowest BCUT2D eigenvalue weighted by molar-refractivity contribution is -0.275. The smallest absolute Gasteiger partial charge is 0.406 e. The van der Waals surface area contributed by atoms with Crippen LogP contribution in [0, 0.1) is 0 Å². The SMILES string of the molecule is OC1(Cc2ccccc2OC(F)(F)F)CCNC1. The Morgan fingerprint density at radius 1 is 1.33 bits per heavy atom. The molecule has 1 heterocycles. The lowest BCUT2D eigenvalue weighted by atomic mass is 9.93. The molecule has 1 aliphatic heterocycles. The molecule has 0 spiro atoms. The third-order valence-electron chi connectivity index (χ3n) is 2.94. The maximum Gasteiger partial charge on any atom is 0.573 e. The van der Waals surface area contributed by atoms with Gasteiger partial charge in [-0.25, -0.2) is 0 Å². The lowest BCUT2D eigenvalue weighted by Gasteiger charge is -2.23. The summed E-state index contributed by atoms with van der Waals surface area (Å²) < 4.78 is 40.7. The van der Waals surface area contributed by atoms with E-state index in [4.69, 9.17) is 0 Å². The second kappa shape index (κ2) is 4.78. The fraction of sp³-hybridized carbons (Fsp3) is 0.500. The van der Waals surface area contributed by atoms with E-state index in [9.17, 15) is 18.3 Å². The van der Waals surface area contributed by atoms with Crippen molar-refractivity contribution in [1.82, 2.24) is 5.32 Å². The summed E-state index contributed by atoms with van der Waals surface area (Å²) in [5.41, 5.74) is -0.633. The van der Waals surface area contributed by atoms with E-state index in [0.717, 1.165) is 0 Å². The van der Waals surface area contributed by atoms with Gasteiger partial charge in [0.25, 0.3) is 0 Å². The van der Waals surface area contributed by atoms with Crippen molar-refractivity contribution in [2.45, 2.75) is 24.8 Å². The molecule has 1 fully saturated rings. The Bertz CT molecular complexity index is 414. The largest absolute Gasteiger partial charge is 0.573 e. The number of benzene rings is 1. The maximum absolute atomic E-state index is 12.2. The molecular weight excluding hydrogens is 247 g/mol. The first-order chi connectivity index (χ1) is 8.38. The zero-order valence-corrected chi connectivity index (χ0v) is 9.63. The molecule has 0 amide bonds. The standard InChI is InChI=1S/C12H14F3NO2/c13-12(14,15)18-10-4-2-1-3-9(10)7-11(17)5-6-16-8-11/h1-4,16-17H,5-8H2. The van der Waals surface area contributed by atoms with Gasteiger partial charge in [0.05, 0.1) is 5.60 Å². The van der Waals surface area contributed by atoms with Gasteiger partial charge < -0.3 is 15.2 Å². The summed E-state index contributed by atoms with van der Waals surface area (Å²) in [6.07, 6.45) is -4.05. The fourth-order valence-corrected chi connectivity index (χ4v) is 2.11. The van der Waals surface area contributed by atoms with Crippen molar-refractivity contribution in [2.24, 2.45) is 0 Å². The average Bonchev–Trinajstić information content (AvgIpc) is 2.66. The predicted octanol–water partition coefficient (Wildman–Crippen LogP) is 1.85. The van der Waals surface area contributed by atoms with Gasteiger partial charge in [0, 0.05) is 13.0 Å². The quantitative estimate of drug-likeness (QED) is 0.872. The minimum atomic E-state index is -4.72. The normalized spacial score (nSPS) is 24.2. The highest BCUT2D eigenvalue weighted by Gasteiger charge is 2.35. The van der Waals surface area contributed by atoms with E-state index in [0.29, 0.717) is 25.1 Å². The minimum absolute atomic E-state index is 0.145. The number of ether oxygens (including phenoxy) is 1. The van der Waals surface area contributed by atoms with E-state index >= 15 is 0 Å². The number of aliphatic hydroxyl groups is 1. The molecule has 100 valence electrons. The predicted molar refractivity (Wildman–Crippen MR) is 59.3 cm³/mol. The Hall–Kier alpha value is -1.27. The van der Waals surface area contributed by atoms with Crippen LogP contribution in [0.15, 0.2) is 24.3 Å². The number of para-hydroxylation sites is 1. The number of β-amino-alcohol motifs (C(OH)–C–C–N with tert-alkyl or cyclic N) is 1. The van der Waals surface area contributed by atoms with E-state index in [1.165, 1.54) is 18.2 Å². The molecule has 1 atom stereocenters. The van der Waals surface area contributed by atoms with E-state index in [1.807, 2.05) is 0 Å². The second-order valence-electron chi connectivity index (χ2n) is 4.48. The molecule has 2 N–H and O–H groups in total. The summed E-state index contributed by atoms with van der Waals surface area (Å²) in [6, 6.07) is 5.90. The monoisotopic (exact) mass is 261 g/mol. The van der Waals surface area contributed by atoms with Gasteiger partial charge in [-0.2, -0.15) is 0 Å². The Labute approximate surface area is 103 Å². The Morgan fingerprint density at radius 3 is 2.67 bits per heavy atom. The molecule has 2 rings (SSSR count). The van der Waals surface area contributed by atoms with Crippen LogP contribution in [0.2, 0.25) is 0 Å². The molecule has 0 saturated carbocycles. The van der Waals surface area contributed by atoms with E-state index < -0.39 is 12.0 Å². The highest BCUT2D eigenvalue weighted by Crippen LogP contribution is 2.30. The third kappa shape index (κ3) is 3.36. The van der Waals surface area contributed by atoms with Gasteiger partial charge in [-0.1, -0.05) is 18.2 Å². The van der Waals surface area contributed by atoms with Crippen LogP contribution >= 0.6 is 0 Å². The lowest BCUT2D eigenvalue weighted by Crippen LogP contribution is -2.34. The zero-order chi connectivity index (χ0) is 13.2. The van der Waals surface area contributed by atoms with E-state index in [-0.39, 0.29) is 12.2 Å². The average molecular weight is 261 g/mol. The third-order valence-corrected chi connectivity index (χ3v) is 2.94. The second-order valence-corrected chi connectivity index (χ2v) is 4.48. The molecule has 0 bridgehead atoms. The number of hydrogen-bond donors (Lipinski definition) is 2. The van der Waals surface area contributed by atoms with Gasteiger partial charge in [-0.05, 0) is 24.6 Å². The van der Waals surface area contributed by atoms with Crippen LogP contribution in [0.25, 0.3) is 0 Å². The Kier molecular flexibility index (Phi) is 3.49. The van der Waals surface area contributed by atoms with Crippen molar-refractivity contribution in [3.05, 3.63) is 29.8 Å². The van der Waals surface area contributed by atoms with Crippen LogP contribution in [0.1, 0.15) is 12.0 Å². The molecule has 18 heavy (non-hydrogen) atoms. The summed E-state index contributed by atoms with van der Waals surface area (Å²) in [4.78, 5) is 0. The van der Waals surface area contributed by atoms with Crippen molar-refractivity contribution in [1.29, 1.82) is 0 Å². The summed E-state index contributed by atoms with van der Waals surface area (Å²) in [7, 11) is 0. The number of nitrogens with one attached hydrogen (secondary N) is 1. The molecule has 0 aromatic heterocycles. The van der Waals surface area contributed by atoms with Crippen LogP contribution in [-0.2, 0) is 6.42 Å². The molecule has 1 aliphatic rings. The Balaban J connectivity index is 2.17. The molecule has 6 heteroatoms. The van der Waals surface area contributed by atoms with Gasteiger partial charge in [0.15, 0.2) is 0 Å². The van der Waals surface area contributed by atoms with Gasteiger partial charge in [-0.3, -0.25) is 0 Å².